The van der Waals surface area contributed by atoms with Crippen LogP contribution in [0.5, 0.6) is 11.6 Å². The molecule has 2 nitrogen and oxygen atoms in total. The number of aromatic nitrogens is 1. The van der Waals surface area contributed by atoms with Gasteiger partial charge in [0.2, 0.25) is 5.88 Å². The van der Waals surface area contributed by atoms with Crippen LogP contribution in [0.15, 0.2) is 30.3 Å². The van der Waals surface area contributed by atoms with Crippen molar-refractivity contribution in [2.45, 2.75) is 44.9 Å². The topological polar surface area (TPSA) is 22.1 Å². The number of aryl methyl sites for hydroxylation is 3. The van der Waals surface area contributed by atoms with E-state index in [9.17, 15) is 0 Å². The van der Waals surface area contributed by atoms with Crippen LogP contribution < -0.4 is 4.74 Å². The third kappa shape index (κ3) is 3.38. The minimum Gasteiger partial charge on any atom is -0.439 e. The molecule has 2 aromatic rings. The first-order valence-corrected chi connectivity index (χ1v) is 8.17. The Labute approximate surface area is 131 Å². The second kappa shape index (κ2) is 6.48. The number of nitrogens with zero attached hydrogens (tertiary/aromatic N) is 1. The zero-order valence-electron chi connectivity index (χ0n) is 12.4. The Morgan fingerprint density at radius 3 is 2.81 bits per heavy atom. The van der Waals surface area contributed by atoms with Crippen molar-refractivity contribution in [3.05, 3.63) is 52.7 Å². The number of hydrogen-bond acceptors (Lipinski definition) is 2. The van der Waals surface area contributed by atoms with Gasteiger partial charge >= 0.3 is 0 Å². The van der Waals surface area contributed by atoms with Crippen LogP contribution in [-0.2, 0) is 25.1 Å². The highest BCUT2D eigenvalue weighted by Crippen LogP contribution is 2.29. The van der Waals surface area contributed by atoms with E-state index in [1.165, 1.54) is 24.0 Å². The number of halogens is 1. The lowest BCUT2D eigenvalue weighted by Crippen LogP contribution is -1.96. The third-order valence-corrected chi connectivity index (χ3v) is 4.18. The Kier molecular flexibility index (Phi) is 4.45. The number of hydrogen-bond donors (Lipinski definition) is 0. The highest BCUT2D eigenvalue weighted by Gasteiger charge is 2.12. The molecule has 0 atom stereocenters. The monoisotopic (exact) mass is 301 g/mol. The molecule has 3 rings (SSSR count). The molecule has 1 aliphatic rings. The zero-order valence-corrected chi connectivity index (χ0v) is 13.1. The third-order valence-electron chi connectivity index (χ3n) is 3.87. The predicted octanol–water partition coefficient (Wildman–Crippen LogP) is 5.05. The summed E-state index contributed by atoms with van der Waals surface area (Å²) in [4.78, 5) is 4.58. The molecule has 0 unspecified atom stereocenters. The van der Waals surface area contributed by atoms with E-state index >= 15 is 0 Å². The lowest BCUT2D eigenvalue weighted by atomic mass is 10.1. The van der Waals surface area contributed by atoms with Crippen LogP contribution in [0.4, 0.5) is 0 Å². The Bertz CT molecular complexity index is 639. The first-order valence-electron chi connectivity index (χ1n) is 7.64. The van der Waals surface area contributed by atoms with Gasteiger partial charge in [-0.15, -0.1) is 11.6 Å². The maximum Gasteiger partial charge on any atom is 0.219 e. The van der Waals surface area contributed by atoms with Crippen LogP contribution in [0.1, 0.15) is 42.1 Å². The maximum atomic E-state index is 5.97. The van der Waals surface area contributed by atoms with Gasteiger partial charge in [0.1, 0.15) is 5.75 Å². The summed E-state index contributed by atoms with van der Waals surface area (Å²) in [7, 11) is 0. The molecule has 0 spiro atoms. The molecule has 3 heteroatoms. The maximum absolute atomic E-state index is 5.97. The van der Waals surface area contributed by atoms with Gasteiger partial charge in [-0.2, -0.15) is 0 Å². The van der Waals surface area contributed by atoms with E-state index in [4.69, 9.17) is 16.3 Å². The number of benzene rings is 1. The van der Waals surface area contributed by atoms with Crippen LogP contribution in [0.3, 0.4) is 0 Å². The zero-order chi connectivity index (χ0) is 14.7. The molecule has 1 aromatic heterocycles. The molecule has 0 amide bonds. The lowest BCUT2D eigenvalue weighted by molar-refractivity contribution is 0.459. The van der Waals surface area contributed by atoms with Gasteiger partial charge in [0.05, 0.1) is 0 Å². The van der Waals surface area contributed by atoms with Gasteiger partial charge < -0.3 is 4.74 Å². The Balaban J connectivity index is 1.85. The summed E-state index contributed by atoms with van der Waals surface area (Å²) >= 11 is 5.97. The van der Waals surface area contributed by atoms with Crippen LogP contribution in [0, 0.1) is 0 Å². The van der Waals surface area contributed by atoms with E-state index in [-0.39, 0.29) is 0 Å². The van der Waals surface area contributed by atoms with E-state index < -0.39 is 0 Å². The van der Waals surface area contributed by atoms with Crippen LogP contribution in [0.2, 0.25) is 0 Å². The van der Waals surface area contributed by atoms with Crippen LogP contribution in [-0.4, -0.2) is 4.98 Å². The molecule has 1 aromatic carbocycles. The SMILES string of the molecule is CCCc1cc(CCl)cc(Oc2ccc3c(c2)CCC3)n1. The number of fused-ring (bicyclic) bond motifs is 1. The van der Waals surface area contributed by atoms with E-state index in [2.05, 4.69) is 30.1 Å². The van der Waals surface area contributed by atoms with Crippen molar-refractivity contribution in [1.82, 2.24) is 4.98 Å². The van der Waals surface area contributed by atoms with Gasteiger partial charge in [0.15, 0.2) is 0 Å². The molecule has 1 aliphatic carbocycles. The molecule has 0 saturated heterocycles. The summed E-state index contributed by atoms with van der Waals surface area (Å²) in [6, 6.07) is 10.4. The minimum absolute atomic E-state index is 0.486. The molecule has 110 valence electrons. The first kappa shape index (κ1) is 14.4. The summed E-state index contributed by atoms with van der Waals surface area (Å²) in [5.41, 5.74) is 4.98. The molecule has 0 aliphatic heterocycles. The smallest absolute Gasteiger partial charge is 0.219 e. The number of rotatable bonds is 5. The molecule has 21 heavy (non-hydrogen) atoms. The van der Waals surface area contributed by atoms with Crippen LogP contribution >= 0.6 is 11.6 Å². The minimum atomic E-state index is 0.486. The van der Waals surface area contributed by atoms with E-state index in [0.717, 1.165) is 36.3 Å². The second-order valence-electron chi connectivity index (χ2n) is 5.57. The van der Waals surface area contributed by atoms with Gasteiger partial charge in [-0.25, -0.2) is 4.98 Å². The van der Waals surface area contributed by atoms with Crippen molar-refractivity contribution in [3.8, 4) is 11.6 Å². The first-order chi connectivity index (χ1) is 10.3. The molecule has 0 saturated carbocycles. The molecule has 1 heterocycles. The molecule has 0 fully saturated rings. The molecule has 0 N–H and O–H groups in total. The van der Waals surface area contributed by atoms with Crippen LogP contribution in [0.25, 0.3) is 0 Å². The van der Waals surface area contributed by atoms with Gasteiger partial charge in [0.25, 0.3) is 0 Å². The summed E-state index contributed by atoms with van der Waals surface area (Å²) < 4.78 is 5.96. The average molecular weight is 302 g/mol. The number of pyridine rings is 1. The second-order valence-corrected chi connectivity index (χ2v) is 5.84. The molecular formula is C18H20ClNO. The van der Waals surface area contributed by atoms with Crippen molar-refractivity contribution in [3.63, 3.8) is 0 Å². The van der Waals surface area contributed by atoms with Crippen molar-refractivity contribution in [2.75, 3.05) is 0 Å². The van der Waals surface area contributed by atoms with E-state index in [1.54, 1.807) is 0 Å². The molecule has 0 bridgehead atoms. The molecular weight excluding hydrogens is 282 g/mol. The van der Waals surface area contributed by atoms with Crippen molar-refractivity contribution in [1.29, 1.82) is 0 Å². The van der Waals surface area contributed by atoms with Gasteiger partial charge in [-0.3, -0.25) is 0 Å². The predicted molar refractivity (Wildman–Crippen MR) is 86.3 cm³/mol. The standard InChI is InChI=1S/C18H20ClNO/c1-2-4-16-9-13(12-19)10-18(20-16)21-17-8-7-14-5-3-6-15(14)11-17/h7-11H,2-6,12H2,1H3. The highest BCUT2D eigenvalue weighted by atomic mass is 35.5. The number of alkyl halides is 1. The summed E-state index contributed by atoms with van der Waals surface area (Å²) in [6.45, 7) is 2.15. The fourth-order valence-electron chi connectivity index (χ4n) is 2.87. The van der Waals surface area contributed by atoms with E-state index in [1.807, 2.05) is 12.1 Å². The van der Waals surface area contributed by atoms with E-state index in [0.29, 0.717) is 11.8 Å². The summed E-state index contributed by atoms with van der Waals surface area (Å²) in [6.07, 6.45) is 5.61. The highest BCUT2D eigenvalue weighted by molar-refractivity contribution is 6.17. The van der Waals surface area contributed by atoms with Gasteiger partial charge in [0, 0.05) is 17.6 Å². The average Bonchev–Trinajstić information content (AvgIpc) is 2.95. The molecule has 0 radical (unpaired) electrons. The van der Waals surface area contributed by atoms with Crippen molar-refractivity contribution >= 4 is 11.6 Å². The van der Waals surface area contributed by atoms with Crippen molar-refractivity contribution < 1.29 is 4.74 Å². The van der Waals surface area contributed by atoms with Gasteiger partial charge in [-0.1, -0.05) is 19.4 Å². The normalized spacial score (nSPS) is 13.2. The fraction of sp³-hybridized carbons (Fsp3) is 0.389. The van der Waals surface area contributed by atoms with Crippen molar-refractivity contribution in [2.24, 2.45) is 0 Å². The number of ether oxygens (including phenoxy) is 1. The summed E-state index contributed by atoms with van der Waals surface area (Å²) in [5, 5.41) is 0. The Morgan fingerprint density at radius 1 is 1.14 bits per heavy atom. The quantitative estimate of drug-likeness (QED) is 0.721. The fourth-order valence-corrected chi connectivity index (χ4v) is 3.02. The lowest BCUT2D eigenvalue weighted by Gasteiger charge is -2.10. The largest absolute Gasteiger partial charge is 0.439 e. The Hall–Kier alpha value is -1.54. The van der Waals surface area contributed by atoms with Gasteiger partial charge in [-0.05, 0) is 60.6 Å². The Morgan fingerprint density at radius 2 is 2.00 bits per heavy atom. The summed E-state index contributed by atoms with van der Waals surface area (Å²) in [5.74, 6) is 2.01.